The minimum Gasteiger partial charge on any atom is -0.264 e. The van der Waals surface area contributed by atoms with Gasteiger partial charge in [0.15, 0.2) is 17.5 Å². The molecule has 1 aromatic carbocycles. The van der Waals surface area contributed by atoms with Crippen LogP contribution in [0.3, 0.4) is 0 Å². The van der Waals surface area contributed by atoms with Gasteiger partial charge in [-0.3, -0.25) is 4.98 Å². The molecule has 0 saturated heterocycles. The predicted molar refractivity (Wildman–Crippen MR) is 77.2 cm³/mol. The van der Waals surface area contributed by atoms with Crippen molar-refractivity contribution in [1.82, 2.24) is 24.8 Å². The zero-order chi connectivity index (χ0) is 15.1. The van der Waals surface area contributed by atoms with Crippen molar-refractivity contribution in [2.45, 2.75) is 0 Å². The number of hydrogen-bond donors (Lipinski definition) is 0. The van der Waals surface area contributed by atoms with Crippen molar-refractivity contribution >= 4 is 16.3 Å². The summed E-state index contributed by atoms with van der Waals surface area (Å²) < 4.78 is 27.9. The Labute approximate surface area is 126 Å². The number of aromatic nitrogens is 5. The molecule has 0 radical (unpaired) electrons. The molecule has 3 aromatic heterocycles. The highest BCUT2D eigenvalue weighted by Gasteiger charge is 2.15. The third-order valence-electron chi connectivity index (χ3n) is 3.08. The third-order valence-corrected chi connectivity index (χ3v) is 4.03. The van der Waals surface area contributed by atoms with Crippen LogP contribution in [-0.2, 0) is 0 Å². The number of pyridine rings is 1. The Hall–Kier alpha value is -2.74. The highest BCUT2D eigenvalue weighted by Crippen LogP contribution is 2.27. The molecule has 3 heterocycles. The van der Waals surface area contributed by atoms with E-state index in [0.29, 0.717) is 16.3 Å². The van der Waals surface area contributed by atoms with Gasteiger partial charge in [0.2, 0.25) is 4.96 Å². The highest BCUT2D eigenvalue weighted by molar-refractivity contribution is 7.19. The fourth-order valence-corrected chi connectivity index (χ4v) is 2.87. The summed E-state index contributed by atoms with van der Waals surface area (Å²) in [7, 11) is 0. The Balaban J connectivity index is 1.86. The molecule has 0 saturated carbocycles. The summed E-state index contributed by atoms with van der Waals surface area (Å²) in [6, 6.07) is 7.27. The van der Waals surface area contributed by atoms with Crippen LogP contribution in [0.5, 0.6) is 0 Å². The molecule has 0 spiro atoms. The smallest absolute Gasteiger partial charge is 0.235 e. The summed E-state index contributed by atoms with van der Waals surface area (Å²) in [6.07, 6.45) is 3.37. The van der Waals surface area contributed by atoms with Gasteiger partial charge in [0.25, 0.3) is 0 Å². The summed E-state index contributed by atoms with van der Waals surface area (Å²) in [4.78, 5) is 4.62. The van der Waals surface area contributed by atoms with Crippen LogP contribution in [0.2, 0.25) is 0 Å². The average molecular weight is 315 g/mol. The lowest BCUT2D eigenvalue weighted by molar-refractivity contribution is 0.509. The summed E-state index contributed by atoms with van der Waals surface area (Å²) in [5.74, 6) is -1.48. The van der Waals surface area contributed by atoms with Gasteiger partial charge in [0.05, 0.1) is 0 Å². The van der Waals surface area contributed by atoms with E-state index in [2.05, 4.69) is 20.3 Å². The van der Waals surface area contributed by atoms with Crippen molar-refractivity contribution in [2.24, 2.45) is 0 Å². The van der Waals surface area contributed by atoms with E-state index in [1.165, 1.54) is 21.9 Å². The second-order valence-electron chi connectivity index (χ2n) is 4.50. The molecule has 0 aliphatic rings. The second-order valence-corrected chi connectivity index (χ2v) is 5.45. The van der Waals surface area contributed by atoms with E-state index in [-0.39, 0.29) is 0 Å². The van der Waals surface area contributed by atoms with Gasteiger partial charge >= 0.3 is 0 Å². The van der Waals surface area contributed by atoms with E-state index >= 15 is 0 Å². The van der Waals surface area contributed by atoms with Crippen molar-refractivity contribution in [3.8, 4) is 22.0 Å². The number of nitrogens with zero attached hydrogens (tertiary/aromatic N) is 5. The van der Waals surface area contributed by atoms with Gasteiger partial charge in [-0.2, -0.15) is 9.61 Å². The summed E-state index contributed by atoms with van der Waals surface area (Å²) in [6.45, 7) is 0. The fourth-order valence-electron chi connectivity index (χ4n) is 2.04. The largest absolute Gasteiger partial charge is 0.264 e. The topological polar surface area (TPSA) is 56.0 Å². The first-order chi connectivity index (χ1) is 10.7. The molecule has 0 atom stereocenters. The number of rotatable bonds is 2. The number of halogens is 2. The van der Waals surface area contributed by atoms with E-state index in [9.17, 15) is 8.78 Å². The van der Waals surface area contributed by atoms with Crippen molar-refractivity contribution in [2.75, 3.05) is 0 Å². The van der Waals surface area contributed by atoms with Gasteiger partial charge in [-0.25, -0.2) is 8.78 Å². The van der Waals surface area contributed by atoms with Crippen LogP contribution < -0.4 is 0 Å². The molecule has 5 nitrogen and oxygen atoms in total. The van der Waals surface area contributed by atoms with E-state index in [1.54, 1.807) is 12.4 Å². The van der Waals surface area contributed by atoms with Crippen LogP contribution in [0.25, 0.3) is 26.9 Å². The van der Waals surface area contributed by atoms with Gasteiger partial charge in [0.1, 0.15) is 5.01 Å². The summed E-state index contributed by atoms with van der Waals surface area (Å²) in [5, 5.41) is 13.2. The average Bonchev–Trinajstić information content (AvgIpc) is 3.11. The molecule has 0 aliphatic carbocycles. The van der Waals surface area contributed by atoms with Gasteiger partial charge in [-0.15, -0.1) is 10.2 Å². The van der Waals surface area contributed by atoms with E-state index in [4.69, 9.17) is 0 Å². The minimum absolute atomic E-state index is 0.361. The van der Waals surface area contributed by atoms with Crippen LogP contribution in [-0.4, -0.2) is 24.8 Å². The fraction of sp³-hybridized carbons (Fsp3) is 0. The zero-order valence-electron chi connectivity index (χ0n) is 10.9. The molecular weight excluding hydrogens is 308 g/mol. The normalized spacial score (nSPS) is 11.2. The van der Waals surface area contributed by atoms with Crippen molar-refractivity contribution in [3.05, 3.63) is 54.4 Å². The Kier molecular flexibility index (Phi) is 2.90. The molecule has 8 heteroatoms. The Morgan fingerprint density at radius 2 is 1.91 bits per heavy atom. The Morgan fingerprint density at radius 1 is 1.00 bits per heavy atom. The molecule has 22 heavy (non-hydrogen) atoms. The molecule has 0 unspecified atom stereocenters. The zero-order valence-corrected chi connectivity index (χ0v) is 11.8. The first-order valence-electron chi connectivity index (χ1n) is 6.30. The maximum absolute atomic E-state index is 13.4. The van der Waals surface area contributed by atoms with Gasteiger partial charge in [-0.1, -0.05) is 11.3 Å². The van der Waals surface area contributed by atoms with Gasteiger partial charge in [0, 0.05) is 23.5 Å². The molecule has 4 aromatic rings. The van der Waals surface area contributed by atoms with Crippen molar-refractivity contribution in [1.29, 1.82) is 0 Å². The first-order valence-corrected chi connectivity index (χ1v) is 7.12. The summed E-state index contributed by atoms with van der Waals surface area (Å²) >= 11 is 1.34. The Bertz CT molecular complexity index is 964. The quantitative estimate of drug-likeness (QED) is 0.570. The SMILES string of the molecule is Fc1ccc(-c2nnc3sc(-c4cccnc4)nn23)cc1F. The molecule has 108 valence electrons. The third kappa shape index (κ3) is 2.04. The van der Waals surface area contributed by atoms with Crippen molar-refractivity contribution in [3.63, 3.8) is 0 Å². The monoisotopic (exact) mass is 315 g/mol. The maximum atomic E-state index is 13.4. The van der Waals surface area contributed by atoms with Crippen molar-refractivity contribution < 1.29 is 8.78 Å². The highest BCUT2D eigenvalue weighted by atomic mass is 32.1. The second kappa shape index (κ2) is 4.92. The maximum Gasteiger partial charge on any atom is 0.235 e. The minimum atomic E-state index is -0.933. The van der Waals surface area contributed by atoms with E-state index < -0.39 is 11.6 Å². The molecular formula is C14H7F2N5S. The standard InChI is InChI=1S/C14H7F2N5S/c15-10-4-3-8(6-11(10)16)12-18-19-14-21(12)20-13(22-14)9-2-1-5-17-7-9/h1-7H. The Morgan fingerprint density at radius 3 is 2.68 bits per heavy atom. The molecule has 4 rings (SSSR count). The van der Waals surface area contributed by atoms with Gasteiger partial charge < -0.3 is 0 Å². The number of benzene rings is 1. The molecule has 0 fully saturated rings. The molecule has 0 amide bonds. The molecule has 0 bridgehead atoms. The molecule has 0 N–H and O–H groups in total. The lowest BCUT2D eigenvalue weighted by Crippen LogP contribution is -1.93. The number of fused-ring (bicyclic) bond motifs is 1. The number of hydrogen-bond acceptors (Lipinski definition) is 5. The van der Waals surface area contributed by atoms with Gasteiger partial charge in [-0.05, 0) is 30.3 Å². The van der Waals surface area contributed by atoms with Crippen LogP contribution in [0.4, 0.5) is 8.78 Å². The lowest BCUT2D eigenvalue weighted by atomic mass is 10.2. The first kappa shape index (κ1) is 13.0. The summed E-state index contributed by atoms with van der Waals surface area (Å²) in [5.41, 5.74) is 1.27. The van der Waals surface area contributed by atoms with Crippen LogP contribution in [0.15, 0.2) is 42.7 Å². The van der Waals surface area contributed by atoms with Crippen LogP contribution in [0, 0.1) is 11.6 Å². The predicted octanol–water partition coefficient (Wildman–Crippen LogP) is 3.19. The molecule has 0 aliphatic heterocycles. The van der Waals surface area contributed by atoms with E-state index in [0.717, 1.165) is 22.7 Å². The van der Waals surface area contributed by atoms with E-state index in [1.807, 2.05) is 12.1 Å². The van der Waals surface area contributed by atoms with Crippen LogP contribution >= 0.6 is 11.3 Å². The van der Waals surface area contributed by atoms with Crippen LogP contribution in [0.1, 0.15) is 0 Å². The lowest BCUT2D eigenvalue weighted by Gasteiger charge is -1.98.